The van der Waals surface area contributed by atoms with E-state index in [-0.39, 0.29) is 12.3 Å². The number of nitrogens with zero attached hydrogens (tertiary/aromatic N) is 1. The van der Waals surface area contributed by atoms with Crippen LogP contribution in [0.2, 0.25) is 0 Å². The Bertz CT molecular complexity index is 563. The Labute approximate surface area is 122 Å². The van der Waals surface area contributed by atoms with Crippen molar-refractivity contribution in [3.63, 3.8) is 0 Å². The number of anilines is 1. The monoisotopic (exact) mass is 320 g/mol. The minimum Gasteiger partial charge on any atom is -0.487 e. The molecular formula is C13H12F4N2O3. The molecule has 1 saturated heterocycles. The fraction of sp³-hybridized carbons (Fsp3) is 0.385. The van der Waals surface area contributed by atoms with Gasteiger partial charge in [-0.1, -0.05) is 0 Å². The molecular weight excluding hydrogens is 308 g/mol. The summed E-state index contributed by atoms with van der Waals surface area (Å²) >= 11 is 0. The van der Waals surface area contributed by atoms with E-state index in [1.165, 1.54) is 29.2 Å². The smallest absolute Gasteiger partial charge is 0.340 e. The molecule has 0 spiro atoms. The zero-order valence-corrected chi connectivity index (χ0v) is 11.2. The molecule has 2 rings (SSSR count). The third-order valence-electron chi connectivity index (χ3n) is 2.96. The van der Waals surface area contributed by atoms with E-state index in [1.54, 1.807) is 0 Å². The number of alkyl halides is 4. The van der Waals surface area contributed by atoms with Gasteiger partial charge in [-0.3, -0.25) is 9.59 Å². The number of benzene rings is 1. The van der Waals surface area contributed by atoms with E-state index in [2.05, 4.69) is 10.1 Å². The number of piperazine rings is 1. The van der Waals surface area contributed by atoms with E-state index >= 15 is 0 Å². The fourth-order valence-electron chi connectivity index (χ4n) is 1.79. The summed E-state index contributed by atoms with van der Waals surface area (Å²) < 4.78 is 54.0. The maximum absolute atomic E-state index is 12.7. The minimum atomic E-state index is -4.24. The molecule has 5 nitrogen and oxygen atoms in total. The zero-order valence-electron chi connectivity index (χ0n) is 11.2. The lowest BCUT2D eigenvalue weighted by Crippen LogP contribution is -2.52. The van der Waals surface area contributed by atoms with E-state index < -0.39 is 30.8 Å². The van der Waals surface area contributed by atoms with Crippen molar-refractivity contribution in [2.24, 2.45) is 0 Å². The van der Waals surface area contributed by atoms with Gasteiger partial charge in [-0.2, -0.15) is 8.78 Å². The highest BCUT2D eigenvalue weighted by molar-refractivity contribution is 6.41. The second-order valence-corrected chi connectivity index (χ2v) is 4.56. The van der Waals surface area contributed by atoms with Crippen LogP contribution in [0.1, 0.15) is 0 Å². The second kappa shape index (κ2) is 6.20. The second-order valence-electron chi connectivity index (χ2n) is 4.56. The van der Waals surface area contributed by atoms with E-state index in [0.29, 0.717) is 12.2 Å². The lowest BCUT2D eigenvalue weighted by molar-refractivity contribution is -0.148. The Balaban J connectivity index is 2.01. The topological polar surface area (TPSA) is 58.6 Å². The number of hydrogen-bond acceptors (Lipinski definition) is 3. The highest BCUT2D eigenvalue weighted by atomic mass is 19.3. The molecule has 1 heterocycles. The maximum Gasteiger partial charge on any atom is 0.340 e. The van der Waals surface area contributed by atoms with Crippen LogP contribution in [0.4, 0.5) is 23.2 Å². The molecule has 120 valence electrons. The molecule has 0 saturated carbocycles. The summed E-state index contributed by atoms with van der Waals surface area (Å²) in [4.78, 5) is 24.1. The van der Waals surface area contributed by atoms with Crippen molar-refractivity contribution in [2.45, 2.75) is 12.3 Å². The molecule has 1 aliphatic heterocycles. The number of hydrogen-bond donors (Lipinski definition) is 1. The summed E-state index contributed by atoms with van der Waals surface area (Å²) in [6.45, 7) is -0.882. The molecule has 1 aromatic rings. The Hall–Kier alpha value is -2.32. The molecule has 22 heavy (non-hydrogen) atoms. The van der Waals surface area contributed by atoms with Crippen LogP contribution in [0.5, 0.6) is 5.75 Å². The predicted octanol–water partition coefficient (Wildman–Crippen LogP) is 1.43. The minimum absolute atomic E-state index is 0.0435. The molecule has 1 aromatic carbocycles. The van der Waals surface area contributed by atoms with Crippen LogP contribution >= 0.6 is 0 Å². The number of ether oxygens (including phenoxy) is 1. The van der Waals surface area contributed by atoms with Crippen LogP contribution < -0.4 is 15.0 Å². The van der Waals surface area contributed by atoms with Crippen molar-refractivity contribution >= 4 is 17.5 Å². The Morgan fingerprint density at radius 2 is 1.86 bits per heavy atom. The van der Waals surface area contributed by atoms with Crippen LogP contribution in [0.3, 0.4) is 0 Å². The molecule has 0 aromatic heterocycles. The highest BCUT2D eigenvalue weighted by Crippen LogP contribution is 2.25. The summed E-state index contributed by atoms with van der Waals surface area (Å²) in [7, 11) is 0. The lowest BCUT2D eigenvalue weighted by atomic mass is 10.2. The first-order chi connectivity index (χ1) is 10.3. The van der Waals surface area contributed by atoms with Crippen LogP contribution in [-0.2, 0) is 9.59 Å². The van der Waals surface area contributed by atoms with Crippen molar-refractivity contribution in [1.82, 2.24) is 5.32 Å². The van der Waals surface area contributed by atoms with Crippen molar-refractivity contribution in [2.75, 3.05) is 24.6 Å². The van der Waals surface area contributed by atoms with E-state index in [1.807, 2.05) is 0 Å². The summed E-state index contributed by atoms with van der Waals surface area (Å²) in [5, 5.41) is 2.38. The Morgan fingerprint density at radius 3 is 2.45 bits per heavy atom. The number of carbonyl (C=O) groups is 2. The standard InChI is InChI=1S/C13H12F4N2O3/c14-12(15)13(16,17)7-22-9-3-1-8(2-4-9)19-6-5-18-10(20)11(19)21/h1-4,12H,5-7H2,(H,18,20). The van der Waals surface area contributed by atoms with Crippen molar-refractivity contribution < 1.29 is 31.9 Å². The Kier molecular flexibility index (Phi) is 4.53. The van der Waals surface area contributed by atoms with E-state index in [0.717, 1.165) is 0 Å². The highest BCUT2D eigenvalue weighted by Gasteiger charge is 2.41. The van der Waals surface area contributed by atoms with Gasteiger partial charge in [0.25, 0.3) is 0 Å². The van der Waals surface area contributed by atoms with Crippen molar-refractivity contribution in [3.05, 3.63) is 24.3 Å². The first-order valence-electron chi connectivity index (χ1n) is 6.30. The van der Waals surface area contributed by atoms with E-state index in [4.69, 9.17) is 0 Å². The summed E-state index contributed by atoms with van der Waals surface area (Å²) in [5.41, 5.74) is 0.382. The average Bonchev–Trinajstić information content (AvgIpc) is 2.48. The van der Waals surface area contributed by atoms with Gasteiger partial charge in [-0.25, -0.2) is 8.78 Å². The van der Waals surface area contributed by atoms with Crippen molar-refractivity contribution in [1.29, 1.82) is 0 Å². The molecule has 0 atom stereocenters. The van der Waals surface area contributed by atoms with E-state index in [9.17, 15) is 27.2 Å². The Morgan fingerprint density at radius 1 is 1.23 bits per heavy atom. The molecule has 0 aliphatic carbocycles. The third-order valence-corrected chi connectivity index (χ3v) is 2.96. The average molecular weight is 320 g/mol. The van der Waals surface area contributed by atoms with Crippen LogP contribution in [0.15, 0.2) is 24.3 Å². The van der Waals surface area contributed by atoms with Gasteiger partial charge in [0.05, 0.1) is 0 Å². The normalized spacial score (nSPS) is 16.0. The summed E-state index contributed by atoms with van der Waals surface area (Å²) in [6.07, 6.45) is -3.81. The van der Waals surface area contributed by atoms with Crippen LogP contribution in [0.25, 0.3) is 0 Å². The first kappa shape index (κ1) is 16.1. The van der Waals surface area contributed by atoms with Gasteiger partial charge in [0, 0.05) is 18.8 Å². The lowest BCUT2D eigenvalue weighted by Gasteiger charge is -2.26. The summed E-state index contributed by atoms with van der Waals surface area (Å²) in [5.74, 6) is -5.75. The maximum atomic E-state index is 12.7. The van der Waals surface area contributed by atoms with Crippen LogP contribution in [0, 0.1) is 0 Å². The SMILES string of the molecule is O=C1NCCN(c2ccc(OCC(F)(F)C(F)F)cc2)C1=O. The molecule has 1 aliphatic rings. The number of carbonyl (C=O) groups excluding carboxylic acids is 2. The number of nitrogens with one attached hydrogen (secondary N) is 1. The van der Waals surface area contributed by atoms with Gasteiger partial charge in [-0.05, 0) is 24.3 Å². The van der Waals surface area contributed by atoms with Crippen molar-refractivity contribution in [3.8, 4) is 5.75 Å². The number of rotatable bonds is 5. The van der Waals surface area contributed by atoms with Gasteiger partial charge in [-0.15, -0.1) is 0 Å². The van der Waals surface area contributed by atoms with Gasteiger partial charge >= 0.3 is 24.2 Å². The third kappa shape index (κ3) is 3.46. The predicted molar refractivity (Wildman–Crippen MR) is 68.3 cm³/mol. The largest absolute Gasteiger partial charge is 0.487 e. The summed E-state index contributed by atoms with van der Waals surface area (Å²) in [6, 6.07) is 5.28. The fourth-order valence-corrected chi connectivity index (χ4v) is 1.79. The van der Waals surface area contributed by atoms with Gasteiger partial charge in [0.15, 0.2) is 6.61 Å². The zero-order chi connectivity index (χ0) is 16.3. The first-order valence-corrected chi connectivity index (χ1v) is 6.30. The quantitative estimate of drug-likeness (QED) is 0.659. The van der Waals surface area contributed by atoms with Gasteiger partial charge in [0.1, 0.15) is 5.75 Å². The number of halogens is 4. The molecule has 0 bridgehead atoms. The van der Waals surface area contributed by atoms with Crippen LogP contribution in [-0.4, -0.2) is 43.9 Å². The van der Waals surface area contributed by atoms with Gasteiger partial charge < -0.3 is 15.0 Å². The molecule has 9 heteroatoms. The molecule has 0 radical (unpaired) electrons. The number of amides is 2. The van der Waals surface area contributed by atoms with Gasteiger partial charge in [0.2, 0.25) is 0 Å². The molecule has 1 fully saturated rings. The molecule has 1 N–H and O–H groups in total. The molecule has 2 amide bonds. The molecule has 0 unspecified atom stereocenters.